The van der Waals surface area contributed by atoms with Crippen molar-refractivity contribution in [3.63, 3.8) is 0 Å². The van der Waals surface area contributed by atoms with E-state index in [9.17, 15) is 4.79 Å². The first-order valence-electron chi connectivity index (χ1n) is 4.48. The van der Waals surface area contributed by atoms with Gasteiger partial charge in [-0.15, -0.1) is 0 Å². The summed E-state index contributed by atoms with van der Waals surface area (Å²) in [4.78, 5) is 13.1. The van der Waals surface area contributed by atoms with Crippen molar-refractivity contribution in [2.24, 2.45) is 0 Å². The topological polar surface area (TPSA) is 33.5 Å². The Labute approximate surface area is 92.2 Å². The molecule has 14 heavy (non-hydrogen) atoms. The van der Waals surface area contributed by atoms with Crippen molar-refractivity contribution in [2.45, 2.75) is 19.9 Å². The molecule has 0 radical (unpaired) electrons. The Balaban J connectivity index is 2.48. The molecular formula is C10H14BrNO2. The SMILES string of the molecule is Cc1ccc(CN(C)C(=O)CCBr)o1. The summed E-state index contributed by atoms with van der Waals surface area (Å²) in [5.41, 5.74) is 0. The van der Waals surface area contributed by atoms with E-state index < -0.39 is 0 Å². The average Bonchev–Trinajstić information content (AvgIpc) is 2.51. The fourth-order valence-electron chi connectivity index (χ4n) is 1.16. The normalized spacial score (nSPS) is 10.2. The van der Waals surface area contributed by atoms with Crippen LogP contribution in [0.15, 0.2) is 16.5 Å². The van der Waals surface area contributed by atoms with Gasteiger partial charge in [0.2, 0.25) is 5.91 Å². The fourth-order valence-corrected chi connectivity index (χ4v) is 1.50. The first-order chi connectivity index (χ1) is 6.63. The largest absolute Gasteiger partial charge is 0.464 e. The number of carbonyl (C=O) groups is 1. The van der Waals surface area contributed by atoms with E-state index in [4.69, 9.17) is 4.42 Å². The number of nitrogens with zero attached hydrogens (tertiary/aromatic N) is 1. The first-order valence-corrected chi connectivity index (χ1v) is 5.61. The highest BCUT2D eigenvalue weighted by atomic mass is 79.9. The van der Waals surface area contributed by atoms with E-state index in [1.165, 1.54) is 0 Å². The van der Waals surface area contributed by atoms with Crippen LogP contribution in [0.5, 0.6) is 0 Å². The highest BCUT2D eigenvalue weighted by Gasteiger charge is 2.09. The van der Waals surface area contributed by atoms with Crippen LogP contribution in [-0.2, 0) is 11.3 Å². The molecule has 0 atom stereocenters. The van der Waals surface area contributed by atoms with Crippen LogP contribution in [0.2, 0.25) is 0 Å². The van der Waals surface area contributed by atoms with Gasteiger partial charge < -0.3 is 9.32 Å². The molecule has 78 valence electrons. The molecule has 0 saturated carbocycles. The average molecular weight is 260 g/mol. The Hall–Kier alpha value is -0.770. The lowest BCUT2D eigenvalue weighted by Gasteiger charge is -2.14. The van der Waals surface area contributed by atoms with Crippen LogP contribution >= 0.6 is 15.9 Å². The quantitative estimate of drug-likeness (QED) is 0.778. The Morgan fingerprint density at radius 3 is 2.79 bits per heavy atom. The highest BCUT2D eigenvalue weighted by Crippen LogP contribution is 2.09. The number of hydrogen-bond donors (Lipinski definition) is 0. The molecule has 3 nitrogen and oxygen atoms in total. The van der Waals surface area contributed by atoms with Crippen molar-refractivity contribution < 1.29 is 9.21 Å². The van der Waals surface area contributed by atoms with Crippen molar-refractivity contribution in [3.8, 4) is 0 Å². The molecule has 1 aromatic heterocycles. The second kappa shape index (κ2) is 5.20. The summed E-state index contributed by atoms with van der Waals surface area (Å²) in [7, 11) is 1.78. The molecule has 0 aliphatic heterocycles. The number of hydrogen-bond acceptors (Lipinski definition) is 2. The van der Waals surface area contributed by atoms with Gasteiger partial charge in [0.1, 0.15) is 11.5 Å². The number of amides is 1. The minimum absolute atomic E-state index is 0.121. The molecule has 1 amide bonds. The van der Waals surface area contributed by atoms with Gasteiger partial charge in [0.25, 0.3) is 0 Å². The Morgan fingerprint density at radius 1 is 1.57 bits per heavy atom. The van der Waals surface area contributed by atoms with E-state index in [0.717, 1.165) is 11.5 Å². The second-order valence-electron chi connectivity index (χ2n) is 3.20. The molecule has 1 rings (SSSR count). The summed E-state index contributed by atoms with van der Waals surface area (Å²) >= 11 is 3.24. The summed E-state index contributed by atoms with van der Waals surface area (Å²) in [5, 5.41) is 0.702. The molecule has 0 bridgehead atoms. The molecule has 4 heteroatoms. The number of aryl methyl sites for hydroxylation is 1. The Morgan fingerprint density at radius 2 is 2.29 bits per heavy atom. The molecule has 0 aliphatic rings. The molecule has 0 N–H and O–H groups in total. The van der Waals surface area contributed by atoms with Crippen LogP contribution in [0.1, 0.15) is 17.9 Å². The number of furan rings is 1. The van der Waals surface area contributed by atoms with Crippen LogP contribution in [0.4, 0.5) is 0 Å². The molecule has 0 aliphatic carbocycles. The Bertz CT molecular complexity index is 309. The van der Waals surface area contributed by atoms with Gasteiger partial charge >= 0.3 is 0 Å². The van der Waals surface area contributed by atoms with Crippen LogP contribution in [0.3, 0.4) is 0 Å². The van der Waals surface area contributed by atoms with Crippen molar-refractivity contribution in [1.29, 1.82) is 0 Å². The zero-order chi connectivity index (χ0) is 10.6. The van der Waals surface area contributed by atoms with Crippen LogP contribution in [0, 0.1) is 6.92 Å². The minimum Gasteiger partial charge on any atom is -0.464 e. The van der Waals surface area contributed by atoms with Gasteiger partial charge in [0, 0.05) is 18.8 Å². The number of rotatable bonds is 4. The number of alkyl halides is 1. The predicted octanol–water partition coefficient (Wildman–Crippen LogP) is 2.33. The number of carbonyl (C=O) groups excluding carboxylic acids is 1. The van der Waals surface area contributed by atoms with E-state index >= 15 is 0 Å². The summed E-state index contributed by atoms with van der Waals surface area (Å²) in [6, 6.07) is 3.80. The third-order valence-electron chi connectivity index (χ3n) is 1.92. The summed E-state index contributed by atoms with van der Waals surface area (Å²) < 4.78 is 5.38. The highest BCUT2D eigenvalue weighted by molar-refractivity contribution is 9.09. The summed E-state index contributed by atoms with van der Waals surface area (Å²) in [6.07, 6.45) is 0.524. The van der Waals surface area contributed by atoms with Gasteiger partial charge in [0.05, 0.1) is 6.54 Å². The van der Waals surface area contributed by atoms with E-state index in [1.54, 1.807) is 11.9 Å². The molecule has 1 aromatic rings. The third-order valence-corrected chi connectivity index (χ3v) is 2.32. The summed E-state index contributed by atoms with van der Waals surface area (Å²) in [6.45, 7) is 2.43. The monoisotopic (exact) mass is 259 g/mol. The van der Waals surface area contributed by atoms with Gasteiger partial charge in [0.15, 0.2) is 0 Å². The predicted molar refractivity (Wildman–Crippen MR) is 58.3 cm³/mol. The molecule has 0 spiro atoms. The zero-order valence-electron chi connectivity index (χ0n) is 8.42. The third kappa shape index (κ3) is 3.18. The van der Waals surface area contributed by atoms with Crippen molar-refractivity contribution in [3.05, 3.63) is 23.7 Å². The van der Waals surface area contributed by atoms with Crippen molar-refractivity contribution in [1.82, 2.24) is 4.90 Å². The van der Waals surface area contributed by atoms with Gasteiger partial charge in [-0.2, -0.15) is 0 Å². The number of halogens is 1. The van der Waals surface area contributed by atoms with Gasteiger partial charge in [-0.3, -0.25) is 4.79 Å². The van der Waals surface area contributed by atoms with Crippen molar-refractivity contribution in [2.75, 3.05) is 12.4 Å². The van der Waals surface area contributed by atoms with Gasteiger partial charge in [-0.25, -0.2) is 0 Å². The molecule has 0 saturated heterocycles. The lowest BCUT2D eigenvalue weighted by atomic mass is 10.3. The van der Waals surface area contributed by atoms with E-state index in [2.05, 4.69) is 15.9 Å². The standard InChI is InChI=1S/C10H14BrNO2/c1-8-3-4-9(14-8)7-12(2)10(13)5-6-11/h3-4H,5-7H2,1-2H3. The molecule has 0 aromatic carbocycles. The molecule has 1 heterocycles. The lowest BCUT2D eigenvalue weighted by Crippen LogP contribution is -2.25. The molecular weight excluding hydrogens is 246 g/mol. The summed E-state index contributed by atoms with van der Waals surface area (Å²) in [5.74, 6) is 1.82. The molecule has 0 unspecified atom stereocenters. The van der Waals surface area contributed by atoms with Gasteiger partial charge in [-0.05, 0) is 19.1 Å². The van der Waals surface area contributed by atoms with Crippen molar-refractivity contribution >= 4 is 21.8 Å². The zero-order valence-corrected chi connectivity index (χ0v) is 10.0. The van der Waals surface area contributed by atoms with Gasteiger partial charge in [-0.1, -0.05) is 15.9 Å². The maximum absolute atomic E-state index is 11.4. The minimum atomic E-state index is 0.121. The smallest absolute Gasteiger partial charge is 0.223 e. The second-order valence-corrected chi connectivity index (χ2v) is 3.99. The van der Waals surface area contributed by atoms with E-state index in [1.807, 2.05) is 19.1 Å². The van der Waals surface area contributed by atoms with Crippen LogP contribution in [0.25, 0.3) is 0 Å². The Kier molecular flexibility index (Phi) is 4.20. The fraction of sp³-hybridized carbons (Fsp3) is 0.500. The van der Waals surface area contributed by atoms with Crippen LogP contribution in [-0.4, -0.2) is 23.2 Å². The molecule has 0 fully saturated rings. The lowest BCUT2D eigenvalue weighted by molar-refractivity contribution is -0.130. The maximum Gasteiger partial charge on any atom is 0.223 e. The maximum atomic E-state index is 11.4. The van der Waals surface area contributed by atoms with E-state index in [-0.39, 0.29) is 5.91 Å². The van der Waals surface area contributed by atoms with Crippen LogP contribution < -0.4 is 0 Å². The first kappa shape index (κ1) is 11.3. The van der Waals surface area contributed by atoms with E-state index in [0.29, 0.717) is 18.3 Å².